The lowest BCUT2D eigenvalue weighted by atomic mass is 9.93. The van der Waals surface area contributed by atoms with Crippen molar-refractivity contribution in [1.29, 1.82) is 0 Å². The molecule has 240 valence electrons. The normalized spacial score (nSPS) is 19.5. The van der Waals surface area contributed by atoms with Crippen LogP contribution in [0.25, 0.3) is 22.3 Å². The number of carbonyl (C=O) groups excluding carboxylic acids is 1. The Hall–Kier alpha value is -3.87. The zero-order valence-corrected chi connectivity index (χ0v) is 26.6. The summed E-state index contributed by atoms with van der Waals surface area (Å²) in [6.45, 7) is 5.66. The van der Waals surface area contributed by atoms with Crippen LogP contribution in [0.2, 0.25) is 0 Å². The summed E-state index contributed by atoms with van der Waals surface area (Å²) in [5.41, 5.74) is 3.84. The highest BCUT2D eigenvalue weighted by atomic mass is 19.1. The number of pyridine rings is 1. The zero-order valence-electron chi connectivity index (χ0n) is 26.6. The van der Waals surface area contributed by atoms with Gasteiger partial charge >= 0.3 is 0 Å². The predicted octanol–water partition coefficient (Wildman–Crippen LogP) is 4.13. The number of halogens is 1. The van der Waals surface area contributed by atoms with E-state index in [-0.39, 0.29) is 23.4 Å². The van der Waals surface area contributed by atoms with Gasteiger partial charge in [0.25, 0.3) is 5.91 Å². The van der Waals surface area contributed by atoms with E-state index >= 15 is 4.39 Å². The molecule has 1 amide bonds. The summed E-state index contributed by atoms with van der Waals surface area (Å²) in [6.07, 6.45) is 7.91. The number of amides is 1. The number of anilines is 2. The molecule has 1 saturated heterocycles. The topological polar surface area (TPSA) is 116 Å². The Morgan fingerprint density at radius 2 is 1.84 bits per heavy atom. The van der Waals surface area contributed by atoms with Crippen molar-refractivity contribution in [3.8, 4) is 11.3 Å². The van der Waals surface area contributed by atoms with Gasteiger partial charge in [0, 0.05) is 68.5 Å². The highest BCUT2D eigenvalue weighted by Gasteiger charge is 2.28. The van der Waals surface area contributed by atoms with Gasteiger partial charge in [0.15, 0.2) is 5.82 Å². The third-order valence-corrected chi connectivity index (χ3v) is 9.09. The van der Waals surface area contributed by atoms with Crippen LogP contribution in [-0.2, 0) is 7.05 Å². The molecule has 6 rings (SSSR count). The van der Waals surface area contributed by atoms with Gasteiger partial charge in [-0.25, -0.2) is 14.4 Å². The number of carbonyl (C=O) groups is 1. The Balaban J connectivity index is 1.28. The predicted molar refractivity (Wildman–Crippen MR) is 174 cm³/mol. The van der Waals surface area contributed by atoms with Crippen molar-refractivity contribution in [2.75, 3.05) is 50.5 Å². The summed E-state index contributed by atoms with van der Waals surface area (Å²) in [6, 6.07) is 8.30. The molecule has 4 aromatic rings. The van der Waals surface area contributed by atoms with Crippen LogP contribution in [0, 0.1) is 12.7 Å². The average Bonchev–Trinajstić information content (AvgIpc) is 3.61. The molecule has 1 aliphatic carbocycles. The number of aryl methyl sites for hydroxylation is 2. The Kier molecular flexibility index (Phi) is 9.16. The first-order chi connectivity index (χ1) is 21.7. The molecule has 12 heteroatoms. The first kappa shape index (κ1) is 31.1. The molecule has 1 saturated carbocycles. The molecule has 2 aliphatic rings. The van der Waals surface area contributed by atoms with Crippen LogP contribution in [0.5, 0.6) is 0 Å². The number of aromatic nitrogens is 5. The van der Waals surface area contributed by atoms with E-state index in [1.807, 2.05) is 6.07 Å². The van der Waals surface area contributed by atoms with Crippen LogP contribution in [0.15, 0.2) is 36.7 Å². The molecule has 3 N–H and O–H groups in total. The molecule has 0 unspecified atom stereocenters. The van der Waals surface area contributed by atoms with E-state index in [9.17, 15) is 9.90 Å². The molecule has 0 atom stereocenters. The molecule has 3 aromatic heterocycles. The first-order valence-electron chi connectivity index (χ1n) is 16.0. The SMILES string of the molecule is Cc1cc(C(=O)Nc2nc3ccc(N4CCC(NCCN(C)C)CC4)cc3n2[C@H]2CC[C@@H](O)CC2)c(F)c(-c2cnn(C)c2)n1. The van der Waals surface area contributed by atoms with Crippen molar-refractivity contribution < 1.29 is 14.3 Å². The summed E-state index contributed by atoms with van der Waals surface area (Å²) in [4.78, 5) is 27.5. The molecule has 1 aromatic carbocycles. The maximum absolute atomic E-state index is 15.8. The fourth-order valence-corrected chi connectivity index (χ4v) is 6.61. The zero-order chi connectivity index (χ0) is 31.7. The minimum Gasteiger partial charge on any atom is -0.393 e. The van der Waals surface area contributed by atoms with E-state index in [4.69, 9.17) is 4.98 Å². The largest absolute Gasteiger partial charge is 0.393 e. The lowest BCUT2D eigenvalue weighted by Crippen LogP contribution is -2.44. The second-order valence-electron chi connectivity index (χ2n) is 12.8. The highest BCUT2D eigenvalue weighted by Crippen LogP contribution is 2.36. The number of nitrogens with one attached hydrogen (secondary N) is 2. The molecule has 45 heavy (non-hydrogen) atoms. The molecule has 1 aliphatic heterocycles. The van der Waals surface area contributed by atoms with Crippen molar-refractivity contribution in [2.45, 2.75) is 63.6 Å². The molecule has 4 heterocycles. The number of hydrogen-bond acceptors (Lipinski definition) is 8. The van der Waals surface area contributed by atoms with Gasteiger partial charge in [0.1, 0.15) is 5.69 Å². The lowest BCUT2D eigenvalue weighted by Gasteiger charge is -2.34. The fraction of sp³-hybridized carbons (Fsp3) is 0.515. The number of nitrogens with zero attached hydrogens (tertiary/aromatic N) is 7. The smallest absolute Gasteiger partial charge is 0.261 e. The van der Waals surface area contributed by atoms with E-state index in [1.165, 1.54) is 12.3 Å². The Morgan fingerprint density at radius 3 is 2.53 bits per heavy atom. The highest BCUT2D eigenvalue weighted by molar-refractivity contribution is 6.05. The van der Waals surface area contributed by atoms with Crippen LogP contribution < -0.4 is 15.5 Å². The van der Waals surface area contributed by atoms with E-state index in [0.717, 1.165) is 68.6 Å². The van der Waals surface area contributed by atoms with Crippen molar-refractivity contribution in [2.24, 2.45) is 7.05 Å². The standard InChI is InChI=1S/C33H44FN9O2/c1-21-17-27(30(34)31(37-21)22-19-36-41(4)20-22)32(45)39-33-38-28-10-7-25(18-29(28)43(33)24-5-8-26(44)9-6-24)42-14-11-23(12-15-42)35-13-16-40(2)3/h7,10,17-20,23-24,26,35,44H,5-6,8-9,11-16H2,1-4H3,(H,38,39,45)/t24-,26+. The maximum atomic E-state index is 15.8. The van der Waals surface area contributed by atoms with Gasteiger partial charge in [-0.3, -0.25) is 14.8 Å². The average molecular weight is 618 g/mol. The van der Waals surface area contributed by atoms with Crippen LogP contribution in [0.3, 0.4) is 0 Å². The summed E-state index contributed by atoms with van der Waals surface area (Å²) in [5.74, 6) is -0.898. The third kappa shape index (κ3) is 6.87. The van der Waals surface area contributed by atoms with Crippen LogP contribution in [-0.4, -0.2) is 92.6 Å². The van der Waals surface area contributed by atoms with E-state index in [1.54, 1.807) is 24.9 Å². The Morgan fingerprint density at radius 1 is 1.09 bits per heavy atom. The Bertz CT molecular complexity index is 1650. The van der Waals surface area contributed by atoms with Crippen molar-refractivity contribution >= 4 is 28.6 Å². The summed E-state index contributed by atoms with van der Waals surface area (Å²) >= 11 is 0. The second-order valence-corrected chi connectivity index (χ2v) is 12.8. The van der Waals surface area contributed by atoms with Gasteiger partial charge in [-0.15, -0.1) is 0 Å². The Labute approximate surface area is 263 Å². The number of rotatable bonds is 9. The maximum Gasteiger partial charge on any atom is 0.261 e. The number of benzene rings is 1. The minimum atomic E-state index is -0.698. The van der Waals surface area contributed by atoms with Crippen molar-refractivity contribution in [1.82, 2.24) is 34.5 Å². The summed E-state index contributed by atoms with van der Waals surface area (Å²) < 4.78 is 19.4. The number of hydrogen-bond donors (Lipinski definition) is 3. The van der Waals surface area contributed by atoms with E-state index in [2.05, 4.69) is 61.3 Å². The monoisotopic (exact) mass is 617 g/mol. The fourth-order valence-electron chi connectivity index (χ4n) is 6.61. The van der Waals surface area contributed by atoms with Crippen LogP contribution in [0.4, 0.5) is 16.0 Å². The van der Waals surface area contributed by atoms with Crippen LogP contribution >= 0.6 is 0 Å². The summed E-state index contributed by atoms with van der Waals surface area (Å²) in [5, 5.41) is 21.0. The van der Waals surface area contributed by atoms with E-state index < -0.39 is 11.7 Å². The third-order valence-electron chi connectivity index (χ3n) is 9.09. The van der Waals surface area contributed by atoms with Gasteiger partial charge in [-0.05, 0) is 83.8 Å². The molecule has 2 fully saturated rings. The molecular formula is C33H44FN9O2. The number of fused-ring (bicyclic) bond motifs is 1. The lowest BCUT2D eigenvalue weighted by molar-refractivity contribution is 0.101. The van der Waals surface area contributed by atoms with Gasteiger partial charge in [0.05, 0.1) is 28.9 Å². The second kappa shape index (κ2) is 13.2. The number of piperidine rings is 1. The van der Waals surface area contributed by atoms with Crippen LogP contribution in [0.1, 0.15) is 60.6 Å². The minimum absolute atomic E-state index is 0.0468. The quantitative estimate of drug-likeness (QED) is 0.257. The van der Waals surface area contributed by atoms with E-state index in [0.29, 0.717) is 36.1 Å². The van der Waals surface area contributed by atoms with Crippen molar-refractivity contribution in [3.63, 3.8) is 0 Å². The van der Waals surface area contributed by atoms with Gasteiger partial charge in [-0.2, -0.15) is 5.10 Å². The number of aliphatic hydroxyl groups excluding tert-OH is 1. The molecule has 11 nitrogen and oxygen atoms in total. The molecule has 0 spiro atoms. The molecule has 0 radical (unpaired) electrons. The van der Waals surface area contributed by atoms with Crippen molar-refractivity contribution in [3.05, 3.63) is 53.7 Å². The summed E-state index contributed by atoms with van der Waals surface area (Å²) in [7, 11) is 5.93. The number of aliphatic hydroxyl groups is 1. The number of likely N-dealkylation sites (N-methyl/N-ethyl adjacent to an activating group) is 1. The molecular weight excluding hydrogens is 573 g/mol. The number of imidazole rings is 1. The first-order valence-corrected chi connectivity index (χ1v) is 16.0. The van der Waals surface area contributed by atoms with Gasteiger partial charge in [-0.1, -0.05) is 0 Å². The van der Waals surface area contributed by atoms with Gasteiger partial charge < -0.3 is 24.8 Å². The molecule has 0 bridgehead atoms. The van der Waals surface area contributed by atoms with Gasteiger partial charge in [0.2, 0.25) is 5.95 Å².